The lowest BCUT2D eigenvalue weighted by molar-refractivity contribution is 0.219. The molecule has 78 valence electrons. The third-order valence-corrected chi connectivity index (χ3v) is 2.08. The topological polar surface area (TPSA) is 44.7 Å². The van der Waals surface area contributed by atoms with Crippen LogP contribution in [0.2, 0.25) is 0 Å². The Morgan fingerprint density at radius 1 is 1.47 bits per heavy atom. The van der Waals surface area contributed by atoms with E-state index in [2.05, 4.69) is 10.4 Å². The number of amides is 2. The van der Waals surface area contributed by atoms with Gasteiger partial charge in [0.15, 0.2) is 0 Å². The molecule has 0 spiro atoms. The monoisotopic (exact) mass is 207 g/mol. The van der Waals surface area contributed by atoms with E-state index in [0.29, 0.717) is 18.7 Å². The molecule has 1 aliphatic rings. The van der Waals surface area contributed by atoms with Crippen LogP contribution in [0.15, 0.2) is 29.4 Å². The van der Waals surface area contributed by atoms with E-state index in [1.807, 2.05) is 0 Å². The summed E-state index contributed by atoms with van der Waals surface area (Å²) >= 11 is 0. The molecule has 2 rings (SSSR count). The predicted molar refractivity (Wildman–Crippen MR) is 54.1 cm³/mol. The molecular weight excluding hydrogens is 197 g/mol. The van der Waals surface area contributed by atoms with Crippen LogP contribution in [0.25, 0.3) is 0 Å². The predicted octanol–water partition coefficient (Wildman–Crippen LogP) is 1.18. The maximum Gasteiger partial charge on any atom is 0.337 e. The number of halogens is 1. The number of rotatable bonds is 2. The van der Waals surface area contributed by atoms with Gasteiger partial charge in [-0.2, -0.15) is 5.10 Å². The van der Waals surface area contributed by atoms with Crippen LogP contribution in [0.5, 0.6) is 0 Å². The second-order valence-electron chi connectivity index (χ2n) is 3.12. The van der Waals surface area contributed by atoms with Gasteiger partial charge in [0, 0.05) is 12.1 Å². The minimum Gasteiger partial charge on any atom is -0.335 e. The Hall–Kier alpha value is -1.91. The normalized spacial score (nSPS) is 16.1. The number of benzene rings is 1. The van der Waals surface area contributed by atoms with Crippen molar-refractivity contribution in [3.8, 4) is 0 Å². The lowest BCUT2D eigenvalue weighted by Crippen LogP contribution is -2.23. The van der Waals surface area contributed by atoms with Crippen molar-refractivity contribution in [3.63, 3.8) is 0 Å². The van der Waals surface area contributed by atoms with E-state index in [9.17, 15) is 9.18 Å². The summed E-state index contributed by atoms with van der Waals surface area (Å²) in [7, 11) is 0. The van der Waals surface area contributed by atoms with Gasteiger partial charge < -0.3 is 5.32 Å². The molecule has 1 aromatic carbocycles. The van der Waals surface area contributed by atoms with Crippen molar-refractivity contribution in [1.29, 1.82) is 0 Å². The maximum absolute atomic E-state index is 13.2. The Morgan fingerprint density at radius 2 is 2.27 bits per heavy atom. The Morgan fingerprint density at radius 3 is 2.93 bits per heavy atom. The number of hydrogen-bond donors (Lipinski definition) is 1. The fraction of sp³-hybridized carbons (Fsp3) is 0.200. The van der Waals surface area contributed by atoms with Crippen molar-refractivity contribution in [2.45, 2.75) is 0 Å². The van der Waals surface area contributed by atoms with Gasteiger partial charge in [-0.05, 0) is 6.07 Å². The van der Waals surface area contributed by atoms with E-state index in [4.69, 9.17) is 0 Å². The first-order valence-electron chi connectivity index (χ1n) is 4.61. The number of urea groups is 1. The Labute approximate surface area is 86.4 Å². The SMILES string of the molecule is O=C1NCCN1N=Cc1ccccc1F. The molecule has 0 saturated carbocycles. The van der Waals surface area contributed by atoms with Gasteiger partial charge in [-0.3, -0.25) is 0 Å². The summed E-state index contributed by atoms with van der Waals surface area (Å²) in [5, 5.41) is 7.76. The van der Waals surface area contributed by atoms with Crippen molar-refractivity contribution in [2.24, 2.45) is 5.10 Å². The molecule has 0 aliphatic carbocycles. The summed E-state index contributed by atoms with van der Waals surface area (Å²) in [6, 6.07) is 6.03. The molecule has 1 saturated heterocycles. The number of hydrogen-bond acceptors (Lipinski definition) is 2. The summed E-state index contributed by atoms with van der Waals surface area (Å²) in [5.41, 5.74) is 0.372. The van der Waals surface area contributed by atoms with Crippen molar-refractivity contribution < 1.29 is 9.18 Å². The van der Waals surface area contributed by atoms with E-state index in [-0.39, 0.29) is 11.8 Å². The second kappa shape index (κ2) is 4.08. The van der Waals surface area contributed by atoms with Crippen LogP contribution >= 0.6 is 0 Å². The van der Waals surface area contributed by atoms with Gasteiger partial charge in [0.2, 0.25) is 0 Å². The summed E-state index contributed by atoms with van der Waals surface area (Å²) in [6.07, 6.45) is 1.35. The number of hydrazone groups is 1. The molecule has 5 heteroatoms. The van der Waals surface area contributed by atoms with Gasteiger partial charge in [0.1, 0.15) is 5.82 Å². The Bertz CT molecular complexity index is 405. The van der Waals surface area contributed by atoms with Crippen LogP contribution < -0.4 is 5.32 Å². The van der Waals surface area contributed by atoms with Gasteiger partial charge in [-0.25, -0.2) is 14.2 Å². The van der Waals surface area contributed by atoms with Gasteiger partial charge >= 0.3 is 6.03 Å². The first kappa shape index (κ1) is 9.64. The molecule has 0 bridgehead atoms. The molecule has 15 heavy (non-hydrogen) atoms. The van der Waals surface area contributed by atoms with Gasteiger partial charge in [-0.1, -0.05) is 18.2 Å². The number of carbonyl (C=O) groups excluding carboxylic acids is 1. The van der Waals surface area contributed by atoms with E-state index in [0.717, 1.165) is 0 Å². The molecule has 1 fully saturated rings. The zero-order chi connectivity index (χ0) is 10.7. The summed E-state index contributed by atoms with van der Waals surface area (Å²) < 4.78 is 13.2. The zero-order valence-corrected chi connectivity index (χ0v) is 7.98. The van der Waals surface area contributed by atoms with Gasteiger partial charge in [0.25, 0.3) is 0 Å². The summed E-state index contributed by atoms with van der Waals surface area (Å²) in [4.78, 5) is 11.1. The van der Waals surface area contributed by atoms with Crippen LogP contribution in [-0.2, 0) is 0 Å². The molecule has 0 aromatic heterocycles. The van der Waals surface area contributed by atoms with Crippen LogP contribution in [0.1, 0.15) is 5.56 Å². The van der Waals surface area contributed by atoms with Crippen molar-refractivity contribution in [2.75, 3.05) is 13.1 Å². The smallest absolute Gasteiger partial charge is 0.335 e. The summed E-state index contributed by atoms with van der Waals surface area (Å²) in [5.74, 6) is -0.346. The van der Waals surface area contributed by atoms with Crippen LogP contribution in [0, 0.1) is 5.82 Å². The molecule has 2 amide bonds. The van der Waals surface area contributed by atoms with Crippen LogP contribution in [-0.4, -0.2) is 30.3 Å². The number of carbonyl (C=O) groups is 1. The number of nitrogens with one attached hydrogen (secondary N) is 1. The molecule has 1 aromatic rings. The zero-order valence-electron chi connectivity index (χ0n) is 7.98. The van der Waals surface area contributed by atoms with Crippen molar-refractivity contribution in [3.05, 3.63) is 35.6 Å². The lowest BCUT2D eigenvalue weighted by atomic mass is 10.2. The number of nitrogens with zero attached hydrogens (tertiary/aromatic N) is 2. The average molecular weight is 207 g/mol. The first-order valence-corrected chi connectivity index (χ1v) is 4.61. The standard InChI is InChI=1S/C10H10FN3O/c11-9-4-2-1-3-8(9)7-13-14-6-5-12-10(14)15/h1-4,7H,5-6H2,(H,12,15). The van der Waals surface area contributed by atoms with Gasteiger partial charge in [-0.15, -0.1) is 0 Å². The van der Waals surface area contributed by atoms with E-state index in [1.165, 1.54) is 17.3 Å². The molecule has 0 unspecified atom stereocenters. The Balaban J connectivity index is 2.11. The molecular formula is C10H10FN3O. The maximum atomic E-state index is 13.2. The quantitative estimate of drug-likeness (QED) is 0.727. The average Bonchev–Trinajstić information content (AvgIpc) is 2.63. The highest BCUT2D eigenvalue weighted by atomic mass is 19.1. The van der Waals surface area contributed by atoms with E-state index < -0.39 is 0 Å². The highest BCUT2D eigenvalue weighted by molar-refractivity contribution is 5.82. The highest BCUT2D eigenvalue weighted by Gasteiger charge is 2.17. The first-order chi connectivity index (χ1) is 7.27. The molecule has 0 radical (unpaired) electrons. The van der Waals surface area contributed by atoms with E-state index in [1.54, 1.807) is 18.2 Å². The van der Waals surface area contributed by atoms with E-state index >= 15 is 0 Å². The minimum absolute atomic E-state index is 0.248. The fourth-order valence-corrected chi connectivity index (χ4v) is 1.28. The van der Waals surface area contributed by atoms with Gasteiger partial charge in [0.05, 0.1) is 12.8 Å². The fourth-order valence-electron chi connectivity index (χ4n) is 1.28. The van der Waals surface area contributed by atoms with Crippen molar-refractivity contribution in [1.82, 2.24) is 10.3 Å². The lowest BCUT2D eigenvalue weighted by Gasteiger charge is -2.05. The molecule has 0 atom stereocenters. The minimum atomic E-state index is -0.346. The largest absolute Gasteiger partial charge is 0.337 e. The highest BCUT2D eigenvalue weighted by Crippen LogP contribution is 2.04. The third-order valence-electron chi connectivity index (χ3n) is 2.08. The van der Waals surface area contributed by atoms with Crippen LogP contribution in [0.4, 0.5) is 9.18 Å². The van der Waals surface area contributed by atoms with Crippen LogP contribution in [0.3, 0.4) is 0 Å². The molecule has 1 heterocycles. The molecule has 4 nitrogen and oxygen atoms in total. The molecule has 1 aliphatic heterocycles. The summed E-state index contributed by atoms with van der Waals surface area (Å²) in [6.45, 7) is 1.09. The molecule has 1 N–H and O–H groups in total. The Kier molecular flexibility index (Phi) is 2.62. The van der Waals surface area contributed by atoms with Crippen molar-refractivity contribution >= 4 is 12.2 Å². The third kappa shape index (κ3) is 2.12. The second-order valence-corrected chi connectivity index (χ2v) is 3.12.